The zero-order valence-corrected chi connectivity index (χ0v) is 12.2. The van der Waals surface area contributed by atoms with Crippen molar-refractivity contribution in [2.45, 2.75) is 6.92 Å². The minimum atomic E-state index is -4.89. The van der Waals surface area contributed by atoms with Gasteiger partial charge in [-0.2, -0.15) is 5.26 Å². The summed E-state index contributed by atoms with van der Waals surface area (Å²) in [7, 11) is -9.53. The van der Waals surface area contributed by atoms with Crippen molar-refractivity contribution in [3.8, 4) is 6.07 Å². The van der Waals surface area contributed by atoms with Gasteiger partial charge in [0.15, 0.2) is 0 Å². The van der Waals surface area contributed by atoms with E-state index in [-0.39, 0.29) is 51.4 Å². The molecule has 0 radical (unpaired) electrons. The van der Waals surface area contributed by atoms with Crippen molar-refractivity contribution in [2.75, 3.05) is 0 Å². The third kappa shape index (κ3) is 1120. The largest absolute Gasteiger partial charge is 1.00 e. The second-order valence-corrected chi connectivity index (χ2v) is 3.24. The Bertz CT molecular complexity index is 200. The molecule has 80 valence electrons. The molecule has 9 nitrogen and oxygen atoms in total. The zero-order chi connectivity index (χ0) is 11.7. The van der Waals surface area contributed by atoms with Crippen LogP contribution < -0.4 is 56.3 Å². The number of phosphoric acid groups is 2. The molecule has 0 heterocycles. The maximum Gasteiger partial charge on any atom is 1.00 e. The third-order valence-electron chi connectivity index (χ3n) is 0. The predicted molar refractivity (Wildman–Crippen MR) is 37.6 cm³/mol. The summed E-state index contributed by atoms with van der Waals surface area (Å²) < 4.78 is 17.7. The van der Waals surface area contributed by atoms with Crippen molar-refractivity contribution in [2.24, 2.45) is 0 Å². The molecule has 0 aromatic heterocycles. The topological polar surface area (TPSA) is 182 Å². The summed E-state index contributed by atoms with van der Waals surface area (Å²) in [4.78, 5) is 44.5. The standard InChI is InChI=1S/C2H3N.K.2H3O4P/c1-2-3;;2*1-5(2,3)4/h1H3;;2*(H3,1,2,3,4)/q;+1;;/p-1. The second-order valence-electron chi connectivity index (χ2n) is 1.23. The fourth-order valence-electron chi connectivity index (χ4n) is 0. The first-order chi connectivity index (χ1) is 5.41. The van der Waals surface area contributed by atoms with Crippen LogP contribution in [0.2, 0.25) is 0 Å². The Labute approximate surface area is 122 Å². The van der Waals surface area contributed by atoms with E-state index in [0.29, 0.717) is 0 Å². The predicted octanol–water partition coefficient (Wildman–Crippen LogP) is -4.96. The third-order valence-corrected chi connectivity index (χ3v) is 0. The first-order valence-corrected chi connectivity index (χ1v) is 5.37. The molecule has 0 aromatic rings. The molecule has 0 aliphatic carbocycles. The quantitative estimate of drug-likeness (QED) is 0.213. The van der Waals surface area contributed by atoms with Crippen molar-refractivity contribution >= 4 is 15.6 Å². The van der Waals surface area contributed by atoms with E-state index in [9.17, 15) is 0 Å². The molecule has 12 heteroatoms. The normalized spacial score (nSPS) is 9.00. The van der Waals surface area contributed by atoms with Gasteiger partial charge in [-0.3, -0.25) is 4.57 Å². The average Bonchev–Trinajstić information content (AvgIpc) is 1.52. The van der Waals surface area contributed by atoms with Gasteiger partial charge in [-0.1, -0.05) is 0 Å². The molecule has 0 fully saturated rings. The smallest absolute Gasteiger partial charge is 0.756 e. The fraction of sp³-hybridized carbons (Fsp3) is 0.500. The molecule has 0 rings (SSSR count). The van der Waals surface area contributed by atoms with Gasteiger partial charge in [0.25, 0.3) is 7.82 Å². The molecule has 0 bridgehead atoms. The van der Waals surface area contributed by atoms with E-state index in [1.807, 2.05) is 0 Å². The van der Waals surface area contributed by atoms with Crippen LogP contribution >= 0.6 is 15.6 Å². The Balaban J connectivity index is -0.0000000535. The van der Waals surface area contributed by atoms with Crippen molar-refractivity contribution in [3.05, 3.63) is 0 Å². The van der Waals surface area contributed by atoms with Crippen LogP contribution in [0.1, 0.15) is 6.92 Å². The van der Waals surface area contributed by atoms with Gasteiger partial charge < -0.3 is 29.4 Å². The van der Waals surface area contributed by atoms with Gasteiger partial charge in [0.2, 0.25) is 0 Å². The van der Waals surface area contributed by atoms with Crippen LogP contribution in [0.15, 0.2) is 0 Å². The summed E-state index contributed by atoms with van der Waals surface area (Å²) in [6, 6.07) is 1.75. The fourth-order valence-corrected chi connectivity index (χ4v) is 0. The SMILES string of the molecule is CC#N.O=P(O)(O)O.O=P([O-])(O)O.[K+]. The minimum absolute atomic E-state index is 0. The maximum atomic E-state index is 8.88. The molecule has 14 heavy (non-hydrogen) atoms. The molecule has 0 aliphatic rings. The summed E-state index contributed by atoms with van der Waals surface area (Å²) in [5.41, 5.74) is 0. The number of hydrogen-bond donors (Lipinski definition) is 5. The van der Waals surface area contributed by atoms with E-state index < -0.39 is 15.6 Å². The van der Waals surface area contributed by atoms with E-state index >= 15 is 0 Å². The molecular weight excluding hydrogens is 267 g/mol. The molecule has 0 aliphatic heterocycles. The molecule has 0 saturated carbocycles. The summed E-state index contributed by atoms with van der Waals surface area (Å²) >= 11 is 0. The van der Waals surface area contributed by atoms with Crippen LogP contribution in [-0.2, 0) is 9.13 Å². The van der Waals surface area contributed by atoms with Gasteiger partial charge in [0, 0.05) is 6.92 Å². The molecule has 0 atom stereocenters. The zero-order valence-electron chi connectivity index (χ0n) is 7.30. The van der Waals surface area contributed by atoms with Gasteiger partial charge in [-0.25, -0.2) is 4.57 Å². The van der Waals surface area contributed by atoms with E-state index in [4.69, 9.17) is 43.8 Å². The van der Waals surface area contributed by atoms with Gasteiger partial charge >= 0.3 is 59.2 Å². The number of nitriles is 1. The summed E-state index contributed by atoms with van der Waals surface area (Å²) in [6.07, 6.45) is 0. The van der Waals surface area contributed by atoms with Gasteiger partial charge in [0.1, 0.15) is 0 Å². The van der Waals surface area contributed by atoms with Gasteiger partial charge in [0.05, 0.1) is 6.07 Å². The van der Waals surface area contributed by atoms with Crippen LogP contribution in [0.5, 0.6) is 0 Å². The second kappa shape index (κ2) is 12.4. The van der Waals surface area contributed by atoms with Crippen molar-refractivity contribution in [1.29, 1.82) is 5.26 Å². The monoisotopic (exact) mass is 275 g/mol. The van der Waals surface area contributed by atoms with Crippen LogP contribution in [0.4, 0.5) is 0 Å². The van der Waals surface area contributed by atoms with E-state index in [2.05, 4.69) is 0 Å². The first-order valence-electron chi connectivity index (χ1n) is 2.27. The van der Waals surface area contributed by atoms with Crippen molar-refractivity contribution < 1.29 is 89.9 Å². The Morgan fingerprint density at radius 1 is 1.14 bits per heavy atom. The molecule has 0 saturated heterocycles. The molecule has 0 unspecified atom stereocenters. The molecule has 0 aromatic carbocycles. The van der Waals surface area contributed by atoms with Crippen LogP contribution in [0.25, 0.3) is 0 Å². The number of rotatable bonds is 0. The van der Waals surface area contributed by atoms with E-state index in [1.54, 1.807) is 6.07 Å². The Kier molecular flexibility index (Phi) is 21.8. The van der Waals surface area contributed by atoms with Gasteiger partial charge in [-0.05, 0) is 0 Å². The molecule has 0 amide bonds. The van der Waals surface area contributed by atoms with Crippen molar-refractivity contribution in [1.82, 2.24) is 0 Å². The minimum Gasteiger partial charge on any atom is -0.756 e. The van der Waals surface area contributed by atoms with Crippen molar-refractivity contribution in [3.63, 3.8) is 0 Å². The Morgan fingerprint density at radius 3 is 1.14 bits per heavy atom. The summed E-state index contributed by atoms with van der Waals surface area (Å²) in [6.45, 7) is 1.43. The van der Waals surface area contributed by atoms with Crippen LogP contribution in [0, 0.1) is 11.3 Å². The number of nitrogens with zero attached hydrogens (tertiary/aromatic N) is 1. The molecule has 5 N–H and O–H groups in total. The molecular formula is C2H8KNO8P2. The van der Waals surface area contributed by atoms with E-state index in [1.165, 1.54) is 6.92 Å². The average molecular weight is 275 g/mol. The van der Waals surface area contributed by atoms with Crippen LogP contribution in [-0.4, -0.2) is 24.5 Å². The first kappa shape index (κ1) is 24.5. The Hall–Kier alpha value is 1.35. The summed E-state index contributed by atoms with van der Waals surface area (Å²) in [5.74, 6) is 0. The maximum absolute atomic E-state index is 8.88. The Morgan fingerprint density at radius 2 is 1.14 bits per heavy atom. The van der Waals surface area contributed by atoms with Crippen LogP contribution in [0.3, 0.4) is 0 Å². The molecule has 0 spiro atoms. The summed E-state index contributed by atoms with van der Waals surface area (Å²) in [5, 5.41) is 7.32. The number of hydrogen-bond acceptors (Lipinski definition) is 4. The van der Waals surface area contributed by atoms with E-state index in [0.717, 1.165) is 0 Å². The van der Waals surface area contributed by atoms with Gasteiger partial charge in [-0.15, -0.1) is 0 Å².